The quantitative estimate of drug-likeness (QED) is 0.816. The Labute approximate surface area is 157 Å². The molecule has 2 aliphatic heterocycles. The molecule has 0 radical (unpaired) electrons. The van der Waals surface area contributed by atoms with Crippen molar-refractivity contribution < 1.29 is 9.32 Å². The predicted octanol–water partition coefficient (Wildman–Crippen LogP) is 2.23. The van der Waals surface area contributed by atoms with E-state index in [4.69, 9.17) is 4.52 Å². The highest BCUT2D eigenvalue weighted by Gasteiger charge is 2.30. The maximum atomic E-state index is 12.8. The van der Waals surface area contributed by atoms with Crippen LogP contribution in [0.5, 0.6) is 0 Å². The lowest BCUT2D eigenvalue weighted by Crippen LogP contribution is -2.47. The summed E-state index contributed by atoms with van der Waals surface area (Å²) in [5.41, 5.74) is 0.810. The van der Waals surface area contributed by atoms with Gasteiger partial charge in [0, 0.05) is 43.9 Å². The Balaban J connectivity index is 1.43. The summed E-state index contributed by atoms with van der Waals surface area (Å²) in [5.74, 6) is 4.49. The minimum atomic E-state index is 0.0758. The average Bonchev–Trinajstić information content (AvgIpc) is 3.15. The standard InChI is InChI=1S/C18H23N5O2S/c1-13-20-17(25-21-13)14-4-5-16(19-11-14)23-6-2-3-15(12-23)18(24)22-7-9-26-10-8-22/h4-5,11,15H,2-3,6-10,12H2,1H3/t15-/m0/s1. The number of piperidine rings is 1. The van der Waals surface area contributed by atoms with Crippen molar-refractivity contribution >= 4 is 23.5 Å². The Bertz CT molecular complexity index is 757. The number of anilines is 1. The summed E-state index contributed by atoms with van der Waals surface area (Å²) >= 11 is 1.93. The number of hydrogen-bond acceptors (Lipinski definition) is 7. The number of carbonyl (C=O) groups is 1. The summed E-state index contributed by atoms with van der Waals surface area (Å²) in [6.07, 6.45) is 3.75. The first-order valence-corrected chi connectivity index (χ1v) is 10.2. The van der Waals surface area contributed by atoms with Crippen LogP contribution in [-0.2, 0) is 4.79 Å². The summed E-state index contributed by atoms with van der Waals surface area (Å²) < 4.78 is 5.18. The van der Waals surface area contributed by atoms with Crippen molar-refractivity contribution in [2.45, 2.75) is 19.8 Å². The van der Waals surface area contributed by atoms with E-state index >= 15 is 0 Å². The molecule has 2 aromatic heterocycles. The fourth-order valence-corrected chi connectivity index (χ4v) is 4.45. The fourth-order valence-electron chi connectivity index (χ4n) is 3.54. The van der Waals surface area contributed by atoms with E-state index < -0.39 is 0 Å². The molecule has 2 saturated heterocycles. The van der Waals surface area contributed by atoms with Gasteiger partial charge >= 0.3 is 0 Å². The molecule has 2 aliphatic rings. The van der Waals surface area contributed by atoms with Gasteiger partial charge in [-0.1, -0.05) is 5.16 Å². The maximum Gasteiger partial charge on any atom is 0.259 e. The summed E-state index contributed by atoms with van der Waals surface area (Å²) in [6, 6.07) is 3.92. The lowest BCUT2D eigenvalue weighted by Gasteiger charge is -2.36. The molecule has 0 aliphatic carbocycles. The van der Waals surface area contributed by atoms with E-state index in [-0.39, 0.29) is 5.92 Å². The average molecular weight is 373 g/mol. The molecule has 0 aromatic carbocycles. The Morgan fingerprint density at radius 1 is 1.27 bits per heavy atom. The minimum absolute atomic E-state index is 0.0758. The van der Waals surface area contributed by atoms with E-state index in [1.54, 1.807) is 13.1 Å². The lowest BCUT2D eigenvalue weighted by molar-refractivity contribution is -0.135. The number of carbonyl (C=O) groups excluding carboxylic acids is 1. The molecule has 138 valence electrons. The van der Waals surface area contributed by atoms with Gasteiger partial charge in [0.2, 0.25) is 5.91 Å². The van der Waals surface area contributed by atoms with Gasteiger partial charge in [-0.05, 0) is 31.9 Å². The van der Waals surface area contributed by atoms with E-state index in [1.807, 2.05) is 28.8 Å². The first kappa shape index (κ1) is 17.3. The molecular formula is C18H23N5O2S. The zero-order valence-corrected chi connectivity index (χ0v) is 15.7. The zero-order valence-electron chi connectivity index (χ0n) is 14.9. The Kier molecular flexibility index (Phi) is 5.10. The van der Waals surface area contributed by atoms with Gasteiger partial charge < -0.3 is 14.3 Å². The Morgan fingerprint density at radius 2 is 2.12 bits per heavy atom. The molecule has 1 amide bonds. The van der Waals surface area contributed by atoms with Crippen LogP contribution < -0.4 is 4.90 Å². The SMILES string of the molecule is Cc1noc(-c2ccc(N3CCC[C@H](C(=O)N4CCSCC4)C3)nc2)n1. The molecule has 0 saturated carbocycles. The number of pyridine rings is 1. The third kappa shape index (κ3) is 3.70. The van der Waals surface area contributed by atoms with Gasteiger partial charge in [-0.3, -0.25) is 4.79 Å². The highest BCUT2D eigenvalue weighted by molar-refractivity contribution is 7.99. The molecular weight excluding hydrogens is 350 g/mol. The van der Waals surface area contributed by atoms with Gasteiger partial charge in [-0.25, -0.2) is 4.98 Å². The minimum Gasteiger partial charge on any atom is -0.356 e. The number of aromatic nitrogens is 3. The van der Waals surface area contributed by atoms with Crippen LogP contribution in [0.1, 0.15) is 18.7 Å². The van der Waals surface area contributed by atoms with Crippen LogP contribution in [0.2, 0.25) is 0 Å². The van der Waals surface area contributed by atoms with E-state index in [2.05, 4.69) is 20.0 Å². The molecule has 4 rings (SSSR count). The topological polar surface area (TPSA) is 75.4 Å². The van der Waals surface area contributed by atoms with Crippen LogP contribution in [0.25, 0.3) is 11.5 Å². The third-order valence-corrected chi connectivity index (χ3v) is 5.88. The van der Waals surface area contributed by atoms with Gasteiger partial charge in [-0.15, -0.1) is 0 Å². The molecule has 0 bridgehead atoms. The molecule has 0 spiro atoms. The summed E-state index contributed by atoms with van der Waals surface area (Å²) in [5, 5.41) is 3.81. The summed E-state index contributed by atoms with van der Waals surface area (Å²) in [6.45, 7) is 5.24. The molecule has 0 N–H and O–H groups in total. The Hall–Kier alpha value is -2.09. The van der Waals surface area contributed by atoms with Gasteiger partial charge in [0.25, 0.3) is 5.89 Å². The molecule has 4 heterocycles. The maximum absolute atomic E-state index is 12.8. The van der Waals surface area contributed by atoms with Crippen LogP contribution in [0.15, 0.2) is 22.9 Å². The number of nitrogens with zero attached hydrogens (tertiary/aromatic N) is 5. The van der Waals surface area contributed by atoms with E-state index in [1.165, 1.54) is 0 Å². The molecule has 0 unspecified atom stereocenters. The molecule has 26 heavy (non-hydrogen) atoms. The monoisotopic (exact) mass is 373 g/mol. The fraction of sp³-hybridized carbons (Fsp3) is 0.556. The van der Waals surface area contributed by atoms with Crippen LogP contribution in [0, 0.1) is 12.8 Å². The van der Waals surface area contributed by atoms with Gasteiger partial charge in [0.1, 0.15) is 5.82 Å². The van der Waals surface area contributed by atoms with Crippen molar-refractivity contribution in [3.05, 3.63) is 24.2 Å². The van der Waals surface area contributed by atoms with Crippen LogP contribution >= 0.6 is 11.8 Å². The number of amides is 1. The first-order chi connectivity index (χ1) is 12.7. The van der Waals surface area contributed by atoms with Crippen molar-refractivity contribution in [2.75, 3.05) is 42.6 Å². The van der Waals surface area contributed by atoms with E-state index in [0.717, 1.165) is 61.9 Å². The van der Waals surface area contributed by atoms with E-state index in [9.17, 15) is 4.79 Å². The highest BCUT2D eigenvalue weighted by atomic mass is 32.2. The van der Waals surface area contributed by atoms with Crippen LogP contribution in [-0.4, -0.2) is 63.6 Å². The molecule has 2 fully saturated rings. The van der Waals surface area contributed by atoms with E-state index in [0.29, 0.717) is 17.6 Å². The second-order valence-corrected chi connectivity index (χ2v) is 8.00. The molecule has 1 atom stereocenters. The van der Waals surface area contributed by atoms with Crippen LogP contribution in [0.4, 0.5) is 5.82 Å². The number of hydrogen-bond donors (Lipinski definition) is 0. The third-order valence-electron chi connectivity index (χ3n) is 4.94. The molecule has 2 aromatic rings. The lowest BCUT2D eigenvalue weighted by atomic mass is 9.96. The van der Waals surface area contributed by atoms with Crippen molar-refractivity contribution in [2.24, 2.45) is 5.92 Å². The van der Waals surface area contributed by atoms with Crippen molar-refractivity contribution in [3.8, 4) is 11.5 Å². The predicted molar refractivity (Wildman–Crippen MR) is 101 cm³/mol. The first-order valence-electron chi connectivity index (χ1n) is 9.09. The molecule has 8 heteroatoms. The van der Waals surface area contributed by atoms with Crippen LogP contribution in [0.3, 0.4) is 0 Å². The van der Waals surface area contributed by atoms with Gasteiger partial charge in [-0.2, -0.15) is 16.7 Å². The zero-order chi connectivity index (χ0) is 17.9. The largest absolute Gasteiger partial charge is 0.356 e. The van der Waals surface area contributed by atoms with Gasteiger partial charge in [0.15, 0.2) is 5.82 Å². The highest BCUT2D eigenvalue weighted by Crippen LogP contribution is 2.26. The number of aryl methyl sites for hydroxylation is 1. The van der Waals surface area contributed by atoms with Crippen molar-refractivity contribution in [3.63, 3.8) is 0 Å². The van der Waals surface area contributed by atoms with Gasteiger partial charge in [0.05, 0.1) is 11.5 Å². The Morgan fingerprint density at radius 3 is 2.81 bits per heavy atom. The number of rotatable bonds is 3. The summed E-state index contributed by atoms with van der Waals surface area (Å²) in [4.78, 5) is 25.9. The smallest absolute Gasteiger partial charge is 0.259 e. The normalized spacial score (nSPS) is 21.0. The molecule has 7 nitrogen and oxygen atoms in total. The second kappa shape index (κ2) is 7.65. The van der Waals surface area contributed by atoms with Crippen molar-refractivity contribution in [1.29, 1.82) is 0 Å². The van der Waals surface area contributed by atoms with Crippen molar-refractivity contribution in [1.82, 2.24) is 20.0 Å². The second-order valence-electron chi connectivity index (χ2n) is 6.77. The number of thioether (sulfide) groups is 1. The summed E-state index contributed by atoms with van der Waals surface area (Å²) in [7, 11) is 0.